The van der Waals surface area contributed by atoms with E-state index in [4.69, 9.17) is 5.11 Å². The Kier molecular flexibility index (Phi) is 5.18. The number of aromatic amines is 1. The van der Waals surface area contributed by atoms with E-state index in [1.807, 2.05) is 12.1 Å². The molecule has 166 valence electrons. The van der Waals surface area contributed by atoms with Gasteiger partial charge in [0.25, 0.3) is 5.56 Å². The fraction of sp³-hybridized carbons (Fsp3) is 0.167. The number of aromatic hydroxyl groups is 1. The lowest BCUT2D eigenvalue weighted by atomic mass is 10.1. The quantitative estimate of drug-likeness (QED) is 0.340. The van der Waals surface area contributed by atoms with Crippen LogP contribution in [0.5, 0.6) is 5.75 Å². The molecule has 2 aromatic heterocycles. The summed E-state index contributed by atoms with van der Waals surface area (Å²) in [4.78, 5) is 24.3. The highest BCUT2D eigenvalue weighted by atomic mass is 32.1. The van der Waals surface area contributed by atoms with Crippen LogP contribution in [0.25, 0.3) is 16.8 Å². The molecule has 3 N–H and O–H groups in total. The van der Waals surface area contributed by atoms with Gasteiger partial charge in [0.15, 0.2) is 11.4 Å². The summed E-state index contributed by atoms with van der Waals surface area (Å²) < 4.78 is 1.46. The van der Waals surface area contributed by atoms with Crippen LogP contribution in [0.4, 0.5) is 11.4 Å². The minimum atomic E-state index is -1.02. The molecule has 0 saturated heterocycles. The Morgan fingerprint density at radius 2 is 1.94 bits per heavy atom. The summed E-state index contributed by atoms with van der Waals surface area (Å²) >= 11 is 1.08. The molecular formula is C24H20N4O4S. The molecule has 5 rings (SSSR count). The van der Waals surface area contributed by atoms with E-state index in [9.17, 15) is 14.7 Å². The number of para-hydroxylation sites is 1. The fourth-order valence-corrected chi connectivity index (χ4v) is 4.82. The van der Waals surface area contributed by atoms with E-state index in [1.165, 1.54) is 21.9 Å². The number of carboxylic acid groups (broad SMARTS) is 1. The van der Waals surface area contributed by atoms with E-state index < -0.39 is 5.97 Å². The number of nitrogens with one attached hydrogen (secondary N) is 1. The second kappa shape index (κ2) is 8.18. The van der Waals surface area contributed by atoms with Crippen LogP contribution in [0.15, 0.2) is 62.9 Å². The van der Waals surface area contributed by atoms with E-state index in [2.05, 4.69) is 21.4 Å². The van der Waals surface area contributed by atoms with Gasteiger partial charge >= 0.3 is 5.97 Å². The fourth-order valence-electron chi connectivity index (χ4n) is 4.07. The van der Waals surface area contributed by atoms with Crippen LogP contribution >= 0.6 is 11.3 Å². The third-order valence-corrected chi connectivity index (χ3v) is 6.69. The molecule has 2 aromatic carbocycles. The van der Waals surface area contributed by atoms with Crippen molar-refractivity contribution in [2.75, 3.05) is 0 Å². The van der Waals surface area contributed by atoms with Gasteiger partial charge in [0, 0.05) is 5.56 Å². The number of hydrogen-bond acceptors (Lipinski definition) is 6. The molecule has 0 saturated carbocycles. The number of carbonyl (C=O) groups is 1. The number of aromatic carboxylic acids is 1. The van der Waals surface area contributed by atoms with Crippen LogP contribution in [-0.4, -0.2) is 26.0 Å². The topological polar surface area (TPSA) is 120 Å². The molecule has 0 fully saturated rings. The first-order valence-electron chi connectivity index (χ1n) is 10.4. The van der Waals surface area contributed by atoms with Crippen LogP contribution in [0.2, 0.25) is 0 Å². The zero-order valence-electron chi connectivity index (χ0n) is 17.7. The predicted octanol–water partition coefficient (Wildman–Crippen LogP) is 5.51. The van der Waals surface area contributed by atoms with Crippen molar-refractivity contribution in [3.05, 3.63) is 79.9 Å². The Balaban J connectivity index is 1.48. The normalized spacial score (nSPS) is 13.0. The van der Waals surface area contributed by atoms with Gasteiger partial charge in [-0.3, -0.25) is 9.89 Å². The van der Waals surface area contributed by atoms with Crippen LogP contribution in [-0.2, 0) is 12.8 Å². The number of phenols is 1. The van der Waals surface area contributed by atoms with Gasteiger partial charge < -0.3 is 10.2 Å². The molecular weight excluding hydrogens is 440 g/mol. The van der Waals surface area contributed by atoms with E-state index in [-0.39, 0.29) is 27.6 Å². The van der Waals surface area contributed by atoms with Crippen molar-refractivity contribution in [2.45, 2.75) is 26.2 Å². The van der Waals surface area contributed by atoms with Crippen molar-refractivity contribution in [3.63, 3.8) is 0 Å². The number of hydrogen-bond donors (Lipinski definition) is 3. The number of aromatic nitrogens is 2. The second-order valence-corrected chi connectivity index (χ2v) is 8.82. The average molecular weight is 461 g/mol. The molecule has 0 radical (unpaired) electrons. The minimum Gasteiger partial charge on any atom is -0.505 e. The van der Waals surface area contributed by atoms with E-state index in [1.54, 1.807) is 30.5 Å². The van der Waals surface area contributed by atoms with Crippen molar-refractivity contribution < 1.29 is 15.0 Å². The molecule has 33 heavy (non-hydrogen) atoms. The van der Waals surface area contributed by atoms with Gasteiger partial charge in [-0.15, -0.1) is 21.6 Å². The number of azo groups is 1. The first kappa shape index (κ1) is 20.9. The SMILES string of the molecule is Cc1[nH]n(-c2ccc3c(c2)CCC3)c(=O)c1N=Nc1cccc(-c2csc(C(=O)O)c2)c1O. The monoisotopic (exact) mass is 460 g/mol. The van der Waals surface area contributed by atoms with Crippen LogP contribution < -0.4 is 5.56 Å². The molecule has 0 amide bonds. The number of carboxylic acids is 1. The van der Waals surface area contributed by atoms with Crippen molar-refractivity contribution in [1.29, 1.82) is 0 Å². The lowest BCUT2D eigenvalue weighted by Crippen LogP contribution is -2.14. The summed E-state index contributed by atoms with van der Waals surface area (Å²) in [6, 6.07) is 12.4. The minimum absolute atomic E-state index is 0.136. The molecule has 0 bridgehead atoms. The van der Waals surface area contributed by atoms with E-state index >= 15 is 0 Å². The summed E-state index contributed by atoms with van der Waals surface area (Å²) in [5.74, 6) is -1.16. The summed E-state index contributed by atoms with van der Waals surface area (Å²) in [6.07, 6.45) is 3.21. The number of H-pyrrole nitrogens is 1. The van der Waals surface area contributed by atoms with E-state index in [0.717, 1.165) is 36.3 Å². The van der Waals surface area contributed by atoms with E-state index in [0.29, 0.717) is 16.8 Å². The van der Waals surface area contributed by atoms with Gasteiger partial charge in [0.05, 0.1) is 11.4 Å². The summed E-state index contributed by atoms with van der Waals surface area (Å²) in [5.41, 5.74) is 4.92. The maximum absolute atomic E-state index is 13.0. The Morgan fingerprint density at radius 1 is 1.12 bits per heavy atom. The average Bonchev–Trinajstić information content (AvgIpc) is 3.52. The second-order valence-electron chi connectivity index (χ2n) is 7.91. The highest BCUT2D eigenvalue weighted by Gasteiger charge is 2.17. The molecule has 2 heterocycles. The highest BCUT2D eigenvalue weighted by Crippen LogP contribution is 2.39. The Bertz CT molecular complexity index is 1480. The smallest absolute Gasteiger partial charge is 0.345 e. The number of thiophene rings is 1. The van der Waals surface area contributed by atoms with Gasteiger partial charge in [-0.25, -0.2) is 9.48 Å². The lowest BCUT2D eigenvalue weighted by Gasteiger charge is -2.05. The number of rotatable bonds is 5. The molecule has 0 spiro atoms. The third-order valence-electron chi connectivity index (χ3n) is 5.77. The van der Waals surface area contributed by atoms with Gasteiger partial charge in [0.2, 0.25) is 0 Å². The van der Waals surface area contributed by atoms with Crippen molar-refractivity contribution in [3.8, 4) is 22.6 Å². The van der Waals surface area contributed by atoms with Crippen molar-refractivity contribution in [2.24, 2.45) is 10.2 Å². The first-order chi connectivity index (χ1) is 15.9. The third kappa shape index (κ3) is 3.76. The number of nitrogens with zero attached hydrogens (tertiary/aromatic N) is 3. The Morgan fingerprint density at radius 3 is 2.73 bits per heavy atom. The van der Waals surface area contributed by atoms with Crippen LogP contribution in [0, 0.1) is 6.92 Å². The van der Waals surface area contributed by atoms with Crippen LogP contribution in [0.1, 0.15) is 32.9 Å². The zero-order valence-corrected chi connectivity index (χ0v) is 18.5. The number of phenolic OH excluding ortho intramolecular Hbond substituents is 1. The molecule has 0 atom stereocenters. The van der Waals surface area contributed by atoms with Gasteiger partial charge in [-0.1, -0.05) is 18.2 Å². The van der Waals surface area contributed by atoms with Gasteiger partial charge in [0.1, 0.15) is 10.6 Å². The first-order valence-corrected chi connectivity index (χ1v) is 11.3. The maximum atomic E-state index is 13.0. The molecule has 1 aliphatic carbocycles. The summed E-state index contributed by atoms with van der Waals surface area (Å²) in [6.45, 7) is 1.74. The van der Waals surface area contributed by atoms with Gasteiger partial charge in [-0.2, -0.15) is 0 Å². The van der Waals surface area contributed by atoms with Gasteiger partial charge in [-0.05, 0) is 72.5 Å². The molecule has 4 aromatic rings. The standard InChI is InChI=1S/C24H20N4O4S/c1-13-21(23(30)28(27-13)17-9-8-14-4-2-5-15(14)10-17)26-25-19-7-3-6-18(22(19)29)16-11-20(24(31)32)33-12-16/h3,6-12,27,29H,2,4-5H2,1H3,(H,31,32). The number of fused-ring (bicyclic) bond motifs is 1. The largest absolute Gasteiger partial charge is 0.505 e. The summed E-state index contributed by atoms with van der Waals surface area (Å²) in [7, 11) is 0. The molecule has 8 nitrogen and oxygen atoms in total. The maximum Gasteiger partial charge on any atom is 0.345 e. The van der Waals surface area contributed by atoms with Crippen LogP contribution in [0.3, 0.4) is 0 Å². The Hall–Kier alpha value is -3.98. The highest BCUT2D eigenvalue weighted by molar-refractivity contribution is 7.12. The zero-order chi connectivity index (χ0) is 23.1. The molecule has 0 unspecified atom stereocenters. The predicted molar refractivity (Wildman–Crippen MR) is 126 cm³/mol. The molecule has 0 aliphatic heterocycles. The Labute approximate surface area is 192 Å². The molecule has 9 heteroatoms. The van der Waals surface area contributed by atoms with Crippen molar-refractivity contribution in [1.82, 2.24) is 9.78 Å². The van der Waals surface area contributed by atoms with Crippen molar-refractivity contribution >= 4 is 28.7 Å². The summed E-state index contributed by atoms with van der Waals surface area (Å²) in [5, 5.41) is 32.8. The number of aryl methyl sites for hydroxylation is 3. The lowest BCUT2D eigenvalue weighted by molar-refractivity contribution is 0.0702. The molecule has 1 aliphatic rings. The number of benzene rings is 2.